The van der Waals surface area contributed by atoms with Crippen molar-refractivity contribution < 1.29 is 14.3 Å². The summed E-state index contributed by atoms with van der Waals surface area (Å²) in [5, 5.41) is 3.02. The smallest absolute Gasteiger partial charge is 0.322 e. The lowest BCUT2D eigenvalue weighted by molar-refractivity contribution is -0.142. The molecule has 0 aliphatic carbocycles. The highest BCUT2D eigenvalue weighted by Gasteiger charge is 2.37. The number of ether oxygens (including phenoxy) is 1. The summed E-state index contributed by atoms with van der Waals surface area (Å²) in [5.74, 6) is -0.583. The number of nitrogens with one attached hydrogen (secondary N) is 1. The van der Waals surface area contributed by atoms with Crippen LogP contribution in [-0.2, 0) is 16.0 Å². The number of urea groups is 1. The van der Waals surface area contributed by atoms with Gasteiger partial charge in [0.15, 0.2) is 0 Å². The molecule has 1 N–H and O–H groups in total. The highest BCUT2D eigenvalue weighted by molar-refractivity contribution is 5.96. The molecular formula is C22H26N2O3. The molecule has 0 saturated heterocycles. The number of carbonyl (C=O) groups excluding carboxylic acids is 2. The third kappa shape index (κ3) is 4.30. The second-order valence-corrected chi connectivity index (χ2v) is 6.91. The zero-order chi connectivity index (χ0) is 19.2. The summed E-state index contributed by atoms with van der Waals surface area (Å²) in [6, 6.07) is 17.6. The van der Waals surface area contributed by atoms with Crippen LogP contribution < -0.4 is 10.2 Å². The van der Waals surface area contributed by atoms with E-state index in [0.29, 0.717) is 13.0 Å². The fourth-order valence-corrected chi connectivity index (χ4v) is 3.71. The van der Waals surface area contributed by atoms with Gasteiger partial charge >= 0.3 is 12.0 Å². The van der Waals surface area contributed by atoms with Crippen molar-refractivity contribution in [2.24, 2.45) is 0 Å². The first-order chi connectivity index (χ1) is 13.1. The lowest BCUT2D eigenvalue weighted by atomic mass is 9.86. The number of aryl methyl sites for hydroxylation is 1. The molecule has 5 heteroatoms. The van der Waals surface area contributed by atoms with E-state index < -0.39 is 0 Å². The van der Waals surface area contributed by atoms with Crippen molar-refractivity contribution in [3.8, 4) is 0 Å². The van der Waals surface area contributed by atoms with E-state index in [-0.39, 0.29) is 24.0 Å². The molecule has 0 radical (unpaired) electrons. The molecule has 3 rings (SSSR count). The first-order valence-corrected chi connectivity index (χ1v) is 9.39. The second kappa shape index (κ2) is 8.71. The average molecular weight is 366 g/mol. The molecule has 1 heterocycles. The van der Waals surface area contributed by atoms with Crippen molar-refractivity contribution in [1.82, 2.24) is 5.32 Å². The number of rotatable bonds is 5. The number of hydrogen-bond donors (Lipinski definition) is 1. The number of fused-ring (bicyclic) bond motifs is 1. The Morgan fingerprint density at radius 2 is 1.81 bits per heavy atom. The van der Waals surface area contributed by atoms with Crippen LogP contribution in [-0.4, -0.2) is 31.7 Å². The Hall–Kier alpha value is -2.82. The molecule has 2 unspecified atom stereocenters. The standard InChI is InChI=1S/C22H26N2O3/c1-16-15-19(21(25)27-2)18-12-6-7-13-20(18)24(16)22(26)23-14-8-11-17-9-4-3-5-10-17/h3-7,9-10,12-13,16,19H,8,11,14-15H2,1-2H3,(H,23,26). The van der Waals surface area contributed by atoms with Gasteiger partial charge in [0.2, 0.25) is 0 Å². The molecule has 5 nitrogen and oxygen atoms in total. The number of esters is 1. The van der Waals surface area contributed by atoms with Crippen LogP contribution in [0.3, 0.4) is 0 Å². The largest absolute Gasteiger partial charge is 0.469 e. The van der Waals surface area contributed by atoms with Gasteiger partial charge in [-0.2, -0.15) is 0 Å². The molecule has 2 aromatic rings. The molecule has 0 saturated carbocycles. The zero-order valence-electron chi connectivity index (χ0n) is 15.9. The maximum Gasteiger partial charge on any atom is 0.322 e. The van der Waals surface area contributed by atoms with Gasteiger partial charge in [-0.15, -0.1) is 0 Å². The predicted octanol–water partition coefficient (Wildman–Crippen LogP) is 3.88. The van der Waals surface area contributed by atoms with Gasteiger partial charge in [0.05, 0.1) is 13.0 Å². The Balaban J connectivity index is 1.66. The number of carbonyl (C=O) groups is 2. The molecule has 2 atom stereocenters. The molecule has 27 heavy (non-hydrogen) atoms. The van der Waals surface area contributed by atoms with E-state index in [2.05, 4.69) is 17.4 Å². The molecular weight excluding hydrogens is 340 g/mol. The van der Waals surface area contributed by atoms with Gasteiger partial charge in [0, 0.05) is 18.3 Å². The van der Waals surface area contributed by atoms with Gasteiger partial charge < -0.3 is 10.1 Å². The summed E-state index contributed by atoms with van der Waals surface area (Å²) in [7, 11) is 1.40. The van der Waals surface area contributed by atoms with Crippen LogP contribution in [0.2, 0.25) is 0 Å². The summed E-state index contributed by atoms with van der Waals surface area (Å²) in [4.78, 5) is 26.7. The van der Waals surface area contributed by atoms with Gasteiger partial charge in [0.1, 0.15) is 0 Å². The Morgan fingerprint density at radius 1 is 1.11 bits per heavy atom. The van der Waals surface area contributed by atoms with E-state index in [9.17, 15) is 9.59 Å². The summed E-state index contributed by atoms with van der Waals surface area (Å²) < 4.78 is 4.95. The van der Waals surface area contributed by atoms with Crippen molar-refractivity contribution in [1.29, 1.82) is 0 Å². The predicted molar refractivity (Wildman–Crippen MR) is 106 cm³/mol. The number of hydrogen-bond acceptors (Lipinski definition) is 3. The quantitative estimate of drug-likeness (QED) is 0.645. The molecule has 0 fully saturated rings. The third-order valence-corrected chi connectivity index (χ3v) is 5.06. The Bertz CT molecular complexity index is 791. The first-order valence-electron chi connectivity index (χ1n) is 9.39. The van der Waals surface area contributed by atoms with Crippen LogP contribution in [0.4, 0.5) is 10.5 Å². The van der Waals surface area contributed by atoms with Crippen LogP contribution >= 0.6 is 0 Å². The van der Waals surface area contributed by atoms with Crippen molar-refractivity contribution in [2.45, 2.75) is 38.1 Å². The molecule has 142 valence electrons. The van der Waals surface area contributed by atoms with Crippen LogP contribution in [0.15, 0.2) is 54.6 Å². The Morgan fingerprint density at radius 3 is 2.56 bits per heavy atom. The number of methoxy groups -OCH3 is 1. The van der Waals surface area contributed by atoms with Crippen LogP contribution in [0.5, 0.6) is 0 Å². The fraction of sp³-hybridized carbons (Fsp3) is 0.364. The van der Waals surface area contributed by atoms with Gasteiger partial charge in [-0.3, -0.25) is 9.69 Å². The summed E-state index contributed by atoms with van der Waals surface area (Å²) in [5.41, 5.74) is 2.90. The molecule has 0 bridgehead atoms. The van der Waals surface area contributed by atoms with E-state index in [1.165, 1.54) is 12.7 Å². The molecule has 1 aliphatic heterocycles. The SMILES string of the molecule is COC(=O)C1CC(C)N(C(=O)NCCCc2ccccc2)c2ccccc21. The summed E-state index contributed by atoms with van der Waals surface area (Å²) in [6.07, 6.45) is 2.36. The topological polar surface area (TPSA) is 58.6 Å². The minimum absolute atomic E-state index is 0.0851. The second-order valence-electron chi connectivity index (χ2n) is 6.91. The molecule has 2 aromatic carbocycles. The van der Waals surface area contributed by atoms with Crippen LogP contribution in [0.25, 0.3) is 0 Å². The molecule has 0 aromatic heterocycles. The van der Waals surface area contributed by atoms with Gasteiger partial charge in [-0.1, -0.05) is 48.5 Å². The maximum absolute atomic E-state index is 12.8. The van der Waals surface area contributed by atoms with Gasteiger partial charge in [-0.05, 0) is 43.4 Å². The van der Waals surface area contributed by atoms with Gasteiger partial charge in [-0.25, -0.2) is 4.79 Å². The Kier molecular flexibility index (Phi) is 6.12. The van der Waals surface area contributed by atoms with E-state index in [1.807, 2.05) is 49.4 Å². The van der Waals surface area contributed by atoms with E-state index >= 15 is 0 Å². The Labute approximate surface area is 160 Å². The van der Waals surface area contributed by atoms with Gasteiger partial charge in [0.25, 0.3) is 0 Å². The summed E-state index contributed by atoms with van der Waals surface area (Å²) >= 11 is 0. The normalized spacial score (nSPS) is 18.5. The first kappa shape index (κ1) is 19.0. The number of benzene rings is 2. The molecule has 1 aliphatic rings. The average Bonchev–Trinajstić information content (AvgIpc) is 2.70. The number of para-hydroxylation sites is 1. The van der Waals surface area contributed by atoms with Crippen molar-refractivity contribution in [3.63, 3.8) is 0 Å². The third-order valence-electron chi connectivity index (χ3n) is 5.06. The minimum Gasteiger partial charge on any atom is -0.469 e. The lowest BCUT2D eigenvalue weighted by Crippen LogP contribution is -2.49. The number of anilines is 1. The zero-order valence-corrected chi connectivity index (χ0v) is 15.9. The van der Waals surface area contributed by atoms with E-state index in [1.54, 1.807) is 4.90 Å². The number of amides is 2. The summed E-state index contributed by atoms with van der Waals surface area (Å²) in [6.45, 7) is 2.58. The number of nitrogens with zero attached hydrogens (tertiary/aromatic N) is 1. The van der Waals surface area contributed by atoms with Crippen molar-refractivity contribution in [2.75, 3.05) is 18.6 Å². The van der Waals surface area contributed by atoms with E-state index in [4.69, 9.17) is 4.74 Å². The highest BCUT2D eigenvalue weighted by atomic mass is 16.5. The fourth-order valence-electron chi connectivity index (χ4n) is 3.71. The van der Waals surface area contributed by atoms with Crippen LogP contribution in [0, 0.1) is 0 Å². The molecule has 0 spiro atoms. The highest BCUT2D eigenvalue weighted by Crippen LogP contribution is 2.38. The van der Waals surface area contributed by atoms with Crippen LogP contribution in [0.1, 0.15) is 36.8 Å². The monoisotopic (exact) mass is 366 g/mol. The van der Waals surface area contributed by atoms with Crippen molar-refractivity contribution in [3.05, 3.63) is 65.7 Å². The minimum atomic E-state index is -0.330. The molecule has 2 amide bonds. The lowest BCUT2D eigenvalue weighted by Gasteiger charge is -2.38. The van der Waals surface area contributed by atoms with Crippen molar-refractivity contribution >= 4 is 17.7 Å². The van der Waals surface area contributed by atoms with E-state index in [0.717, 1.165) is 24.1 Å². The maximum atomic E-state index is 12.8.